The molecule has 0 atom stereocenters. The summed E-state index contributed by atoms with van der Waals surface area (Å²) in [6, 6.07) is 11.6. The summed E-state index contributed by atoms with van der Waals surface area (Å²) in [6.45, 7) is 4.12. The number of nitrogens with zero attached hydrogens (tertiary/aromatic N) is 3. The standard InChI is InChI=1S/C22H22F3N3O2/c1-15-14-16(10-11-18(15)28-12-6-2-3-7-13-28)21-26-20(27-30-21)17-8-4-5-9-19(17)29-22(23,24)25/h4-5,8-11,14H,2-3,6-7,12-13H2,1H3. The van der Waals surface area contributed by atoms with Crippen molar-refractivity contribution in [2.24, 2.45) is 0 Å². The number of anilines is 1. The molecule has 0 saturated carbocycles. The van der Waals surface area contributed by atoms with Crippen molar-refractivity contribution in [1.29, 1.82) is 0 Å². The highest BCUT2D eigenvalue weighted by molar-refractivity contribution is 5.68. The van der Waals surface area contributed by atoms with Crippen LogP contribution in [0.3, 0.4) is 0 Å². The second-order valence-electron chi connectivity index (χ2n) is 7.37. The molecule has 0 aliphatic carbocycles. The van der Waals surface area contributed by atoms with Crippen LogP contribution in [0.5, 0.6) is 5.75 Å². The monoisotopic (exact) mass is 417 g/mol. The van der Waals surface area contributed by atoms with Crippen molar-refractivity contribution in [1.82, 2.24) is 10.1 Å². The van der Waals surface area contributed by atoms with E-state index in [2.05, 4.69) is 19.8 Å². The van der Waals surface area contributed by atoms with E-state index in [1.807, 2.05) is 25.1 Å². The Morgan fingerprint density at radius 3 is 2.43 bits per heavy atom. The Kier molecular flexibility index (Phi) is 5.65. The van der Waals surface area contributed by atoms with Crippen LogP contribution in [0.4, 0.5) is 18.9 Å². The molecule has 1 fully saturated rings. The molecule has 3 aromatic rings. The molecule has 2 heterocycles. The Morgan fingerprint density at radius 1 is 1.00 bits per heavy atom. The largest absolute Gasteiger partial charge is 0.573 e. The number of aromatic nitrogens is 2. The summed E-state index contributed by atoms with van der Waals surface area (Å²) in [5, 5.41) is 3.86. The fourth-order valence-corrected chi connectivity index (χ4v) is 3.77. The van der Waals surface area contributed by atoms with Gasteiger partial charge in [0, 0.05) is 24.3 Å². The van der Waals surface area contributed by atoms with Crippen LogP contribution in [-0.2, 0) is 0 Å². The Bertz CT molecular complexity index is 1010. The molecule has 4 rings (SSSR count). The first-order chi connectivity index (χ1) is 14.4. The summed E-state index contributed by atoms with van der Waals surface area (Å²) >= 11 is 0. The summed E-state index contributed by atoms with van der Waals surface area (Å²) in [7, 11) is 0. The second kappa shape index (κ2) is 8.38. The Balaban J connectivity index is 1.60. The van der Waals surface area contributed by atoms with Gasteiger partial charge in [-0.05, 0) is 55.7 Å². The van der Waals surface area contributed by atoms with Crippen molar-refractivity contribution in [3.63, 3.8) is 0 Å². The summed E-state index contributed by atoms with van der Waals surface area (Å²) in [4.78, 5) is 6.70. The van der Waals surface area contributed by atoms with Gasteiger partial charge in [-0.25, -0.2) is 0 Å². The van der Waals surface area contributed by atoms with Gasteiger partial charge < -0.3 is 14.2 Å². The van der Waals surface area contributed by atoms with E-state index in [9.17, 15) is 13.2 Å². The average Bonchev–Trinajstić information content (AvgIpc) is 3.03. The first-order valence-electron chi connectivity index (χ1n) is 9.95. The number of hydrogen-bond donors (Lipinski definition) is 0. The molecule has 0 N–H and O–H groups in total. The molecule has 30 heavy (non-hydrogen) atoms. The lowest BCUT2D eigenvalue weighted by Gasteiger charge is -2.24. The van der Waals surface area contributed by atoms with E-state index >= 15 is 0 Å². The van der Waals surface area contributed by atoms with Gasteiger partial charge in [0.1, 0.15) is 5.75 Å². The fourth-order valence-electron chi connectivity index (χ4n) is 3.77. The predicted octanol–water partition coefficient (Wildman–Crippen LogP) is 5.99. The van der Waals surface area contributed by atoms with Crippen LogP contribution in [0.25, 0.3) is 22.8 Å². The maximum atomic E-state index is 12.7. The molecule has 1 aliphatic rings. The molecule has 0 amide bonds. The van der Waals surface area contributed by atoms with Gasteiger partial charge in [0.15, 0.2) is 0 Å². The van der Waals surface area contributed by atoms with E-state index in [1.54, 1.807) is 6.07 Å². The third kappa shape index (κ3) is 4.58. The maximum absolute atomic E-state index is 12.7. The molecule has 8 heteroatoms. The van der Waals surface area contributed by atoms with Gasteiger partial charge in [0.25, 0.3) is 5.89 Å². The van der Waals surface area contributed by atoms with Crippen LogP contribution in [-0.4, -0.2) is 29.6 Å². The molecular formula is C22H22F3N3O2. The molecule has 0 unspecified atom stereocenters. The lowest BCUT2D eigenvalue weighted by Crippen LogP contribution is -2.24. The van der Waals surface area contributed by atoms with Crippen LogP contribution >= 0.6 is 0 Å². The average molecular weight is 417 g/mol. The van der Waals surface area contributed by atoms with Gasteiger partial charge >= 0.3 is 6.36 Å². The van der Waals surface area contributed by atoms with Crippen molar-refractivity contribution in [2.75, 3.05) is 18.0 Å². The fraction of sp³-hybridized carbons (Fsp3) is 0.364. The summed E-state index contributed by atoms with van der Waals surface area (Å²) in [5.74, 6) is -0.0820. The number of rotatable bonds is 4. The maximum Gasteiger partial charge on any atom is 0.573 e. The van der Waals surface area contributed by atoms with Crippen molar-refractivity contribution < 1.29 is 22.4 Å². The van der Waals surface area contributed by atoms with E-state index in [-0.39, 0.29) is 23.0 Å². The summed E-state index contributed by atoms with van der Waals surface area (Å²) < 4.78 is 47.5. The molecule has 5 nitrogen and oxygen atoms in total. The van der Waals surface area contributed by atoms with Gasteiger partial charge in [-0.1, -0.05) is 30.1 Å². The third-order valence-corrected chi connectivity index (χ3v) is 5.17. The number of halogens is 3. The second-order valence-corrected chi connectivity index (χ2v) is 7.37. The van der Waals surface area contributed by atoms with Crippen LogP contribution < -0.4 is 9.64 Å². The van der Waals surface area contributed by atoms with Gasteiger partial charge in [-0.2, -0.15) is 4.98 Å². The van der Waals surface area contributed by atoms with Gasteiger partial charge in [0.05, 0.1) is 5.56 Å². The van der Waals surface area contributed by atoms with E-state index in [0.717, 1.165) is 24.2 Å². The van der Waals surface area contributed by atoms with Gasteiger partial charge in [0.2, 0.25) is 5.82 Å². The van der Waals surface area contributed by atoms with Crippen LogP contribution in [0.15, 0.2) is 47.0 Å². The van der Waals surface area contributed by atoms with Crippen molar-refractivity contribution >= 4 is 5.69 Å². The van der Waals surface area contributed by atoms with E-state index < -0.39 is 6.36 Å². The van der Waals surface area contributed by atoms with Crippen molar-refractivity contribution in [2.45, 2.75) is 39.0 Å². The Hall–Kier alpha value is -3.03. The number of alkyl halides is 3. The molecule has 2 aromatic carbocycles. The Labute approximate surface area is 172 Å². The molecule has 1 aliphatic heterocycles. The molecule has 158 valence electrons. The van der Waals surface area contributed by atoms with Crippen molar-refractivity contribution in [3.8, 4) is 28.6 Å². The topological polar surface area (TPSA) is 51.4 Å². The lowest BCUT2D eigenvalue weighted by molar-refractivity contribution is -0.274. The number of benzene rings is 2. The summed E-state index contributed by atoms with van der Waals surface area (Å²) in [6.07, 6.45) is 0.0972. The van der Waals surface area contributed by atoms with E-state index in [4.69, 9.17) is 4.52 Å². The smallest absolute Gasteiger partial charge is 0.405 e. The highest BCUT2D eigenvalue weighted by Gasteiger charge is 2.32. The van der Waals surface area contributed by atoms with Gasteiger partial charge in [-0.15, -0.1) is 13.2 Å². The molecule has 1 aromatic heterocycles. The zero-order valence-corrected chi connectivity index (χ0v) is 16.6. The van der Waals surface area contributed by atoms with Crippen LogP contribution in [0, 0.1) is 6.92 Å². The first kappa shape index (κ1) is 20.3. The highest BCUT2D eigenvalue weighted by atomic mass is 19.4. The molecule has 0 radical (unpaired) electrons. The SMILES string of the molecule is Cc1cc(-c2nc(-c3ccccc3OC(F)(F)F)no2)ccc1N1CCCCCC1. The van der Waals surface area contributed by atoms with E-state index in [1.165, 1.54) is 49.6 Å². The van der Waals surface area contributed by atoms with Gasteiger partial charge in [-0.3, -0.25) is 0 Å². The number of aryl methyl sites for hydroxylation is 1. The van der Waals surface area contributed by atoms with Crippen LogP contribution in [0.2, 0.25) is 0 Å². The zero-order valence-electron chi connectivity index (χ0n) is 16.6. The quantitative estimate of drug-likeness (QED) is 0.522. The number of hydrogen-bond acceptors (Lipinski definition) is 5. The Morgan fingerprint density at radius 2 is 1.73 bits per heavy atom. The molecular weight excluding hydrogens is 395 g/mol. The molecule has 1 saturated heterocycles. The first-order valence-corrected chi connectivity index (χ1v) is 9.95. The predicted molar refractivity (Wildman–Crippen MR) is 107 cm³/mol. The minimum atomic E-state index is -4.80. The molecule has 0 bridgehead atoms. The highest BCUT2D eigenvalue weighted by Crippen LogP contribution is 2.34. The summed E-state index contributed by atoms with van der Waals surface area (Å²) in [5.41, 5.74) is 3.11. The number of ether oxygens (including phenoxy) is 1. The minimum Gasteiger partial charge on any atom is -0.405 e. The molecule has 0 spiro atoms. The van der Waals surface area contributed by atoms with Crippen LogP contribution in [0.1, 0.15) is 31.2 Å². The van der Waals surface area contributed by atoms with E-state index in [0.29, 0.717) is 0 Å². The number of para-hydroxylation sites is 1. The normalized spacial score (nSPS) is 15.1. The van der Waals surface area contributed by atoms with Crippen molar-refractivity contribution in [3.05, 3.63) is 48.0 Å². The minimum absolute atomic E-state index is 0.0408. The zero-order chi connectivity index (χ0) is 21.1. The lowest BCUT2D eigenvalue weighted by atomic mass is 10.1. The third-order valence-electron chi connectivity index (χ3n) is 5.17.